The van der Waals surface area contributed by atoms with Crippen LogP contribution in [0.5, 0.6) is 0 Å². The predicted molar refractivity (Wildman–Crippen MR) is 128 cm³/mol. The number of fused-ring (bicyclic) bond motifs is 1. The first-order valence-corrected chi connectivity index (χ1v) is 13.2. The molecule has 3 rings (SSSR count). The maximum atomic E-state index is 11.0. The zero-order valence-corrected chi connectivity index (χ0v) is 20.2. The Hall–Kier alpha value is -1.31. The first-order chi connectivity index (χ1) is 15.4. The molecule has 3 aliphatic carbocycles. The summed E-state index contributed by atoms with van der Waals surface area (Å²) in [5.41, 5.74) is 1.41. The van der Waals surface area contributed by atoms with Gasteiger partial charge in [-0.3, -0.25) is 4.79 Å². The summed E-state index contributed by atoms with van der Waals surface area (Å²) in [5, 5.41) is 30.7. The van der Waals surface area contributed by atoms with E-state index in [4.69, 9.17) is 5.11 Å². The maximum absolute atomic E-state index is 11.0. The lowest BCUT2D eigenvalue weighted by molar-refractivity contribution is -0.136. The van der Waals surface area contributed by atoms with Gasteiger partial charge < -0.3 is 15.3 Å². The number of rotatable bonds is 9. The topological polar surface area (TPSA) is 77.8 Å². The maximum Gasteiger partial charge on any atom is 0.303 e. The molecule has 180 valence electrons. The van der Waals surface area contributed by atoms with Gasteiger partial charge in [0.05, 0.1) is 12.0 Å². The summed E-state index contributed by atoms with van der Waals surface area (Å²) >= 11 is 0. The van der Waals surface area contributed by atoms with Crippen molar-refractivity contribution in [2.45, 2.75) is 116 Å². The van der Waals surface area contributed by atoms with Gasteiger partial charge in [0.25, 0.3) is 0 Å². The monoisotopic (exact) mass is 444 g/mol. The van der Waals surface area contributed by atoms with Crippen LogP contribution >= 0.6 is 0 Å². The number of aliphatic carboxylic acids is 1. The highest BCUT2D eigenvalue weighted by molar-refractivity contribution is 5.66. The number of aliphatic hydroxyl groups is 2. The molecule has 3 saturated carbocycles. The minimum atomic E-state index is -0.748. The number of hydrogen-bond donors (Lipinski definition) is 3. The SMILES string of the molecule is CCCCCCC1C(=CCCC(=O)O)[C@@]2(C)CC[C@@H](O)[C@H](C#CC(O)C3CCCCC3)[C@@H]12. The average molecular weight is 445 g/mol. The molecule has 0 aromatic rings. The van der Waals surface area contributed by atoms with Gasteiger partial charge in [0, 0.05) is 6.42 Å². The minimum absolute atomic E-state index is 0.00228. The summed E-state index contributed by atoms with van der Waals surface area (Å²) in [4.78, 5) is 11.0. The van der Waals surface area contributed by atoms with Crippen LogP contribution in [0.15, 0.2) is 11.6 Å². The highest BCUT2D eigenvalue weighted by atomic mass is 16.4. The summed E-state index contributed by atoms with van der Waals surface area (Å²) in [6, 6.07) is 0. The van der Waals surface area contributed by atoms with Crippen molar-refractivity contribution in [2.24, 2.45) is 29.1 Å². The molecule has 3 fully saturated rings. The fraction of sp³-hybridized carbons (Fsp3) is 0.821. The van der Waals surface area contributed by atoms with Crippen LogP contribution in [0.1, 0.15) is 104 Å². The molecule has 32 heavy (non-hydrogen) atoms. The molecular formula is C28H44O4. The molecule has 0 saturated heterocycles. The molecular weight excluding hydrogens is 400 g/mol. The summed E-state index contributed by atoms with van der Waals surface area (Å²) in [7, 11) is 0. The van der Waals surface area contributed by atoms with Crippen LogP contribution in [0.4, 0.5) is 0 Å². The van der Waals surface area contributed by atoms with E-state index in [1.165, 1.54) is 50.5 Å². The summed E-state index contributed by atoms with van der Waals surface area (Å²) in [5.74, 6) is 6.67. The van der Waals surface area contributed by atoms with Crippen LogP contribution in [0.2, 0.25) is 0 Å². The Balaban J connectivity index is 1.77. The third kappa shape index (κ3) is 5.78. The molecule has 0 aromatic heterocycles. The van der Waals surface area contributed by atoms with E-state index >= 15 is 0 Å². The molecule has 0 aromatic carbocycles. The number of carbonyl (C=O) groups is 1. The Morgan fingerprint density at radius 2 is 1.94 bits per heavy atom. The van der Waals surface area contributed by atoms with Gasteiger partial charge in [0.1, 0.15) is 6.10 Å². The van der Waals surface area contributed by atoms with Gasteiger partial charge in [0.15, 0.2) is 0 Å². The van der Waals surface area contributed by atoms with Crippen molar-refractivity contribution in [3.63, 3.8) is 0 Å². The van der Waals surface area contributed by atoms with E-state index in [-0.39, 0.29) is 23.7 Å². The second-order valence-electron chi connectivity index (χ2n) is 10.8. The van der Waals surface area contributed by atoms with Gasteiger partial charge in [-0.2, -0.15) is 0 Å². The second-order valence-corrected chi connectivity index (χ2v) is 10.8. The van der Waals surface area contributed by atoms with E-state index in [1.807, 2.05) is 0 Å². The third-order valence-corrected chi connectivity index (χ3v) is 8.57. The van der Waals surface area contributed by atoms with Gasteiger partial charge in [-0.25, -0.2) is 0 Å². The van der Waals surface area contributed by atoms with E-state index in [9.17, 15) is 15.0 Å². The molecule has 2 unspecified atom stereocenters. The van der Waals surface area contributed by atoms with Crippen molar-refractivity contribution in [3.05, 3.63) is 11.6 Å². The van der Waals surface area contributed by atoms with Crippen molar-refractivity contribution in [1.82, 2.24) is 0 Å². The van der Waals surface area contributed by atoms with E-state index in [0.717, 1.165) is 32.1 Å². The lowest BCUT2D eigenvalue weighted by Gasteiger charge is -2.62. The Morgan fingerprint density at radius 3 is 2.62 bits per heavy atom. The van der Waals surface area contributed by atoms with Gasteiger partial charge in [0.2, 0.25) is 0 Å². The summed E-state index contributed by atoms with van der Waals surface area (Å²) in [6.45, 7) is 4.52. The fourth-order valence-electron chi connectivity index (χ4n) is 6.78. The number of hydrogen-bond acceptors (Lipinski definition) is 3. The number of carboxylic acid groups (broad SMARTS) is 1. The van der Waals surface area contributed by atoms with E-state index in [2.05, 4.69) is 31.8 Å². The van der Waals surface area contributed by atoms with Crippen LogP contribution in [0.3, 0.4) is 0 Å². The summed E-state index contributed by atoms with van der Waals surface area (Å²) < 4.78 is 0. The van der Waals surface area contributed by atoms with Gasteiger partial charge in [-0.05, 0) is 61.7 Å². The Bertz CT molecular complexity index is 711. The largest absolute Gasteiger partial charge is 0.481 e. The molecule has 6 atom stereocenters. The van der Waals surface area contributed by atoms with Gasteiger partial charge in [-0.1, -0.05) is 82.3 Å². The van der Waals surface area contributed by atoms with Crippen molar-refractivity contribution in [2.75, 3.05) is 0 Å². The number of unbranched alkanes of at least 4 members (excludes halogenated alkanes) is 3. The van der Waals surface area contributed by atoms with Crippen LogP contribution in [0.25, 0.3) is 0 Å². The molecule has 3 N–H and O–H groups in total. The first-order valence-electron chi connectivity index (χ1n) is 13.2. The van der Waals surface area contributed by atoms with Gasteiger partial charge in [-0.15, -0.1) is 0 Å². The van der Waals surface area contributed by atoms with Crippen molar-refractivity contribution in [1.29, 1.82) is 0 Å². The first kappa shape index (κ1) is 25.3. The van der Waals surface area contributed by atoms with E-state index in [1.54, 1.807) is 0 Å². The number of aliphatic hydroxyl groups excluding tert-OH is 2. The molecule has 4 nitrogen and oxygen atoms in total. The molecule has 4 heteroatoms. The fourth-order valence-corrected chi connectivity index (χ4v) is 6.78. The minimum Gasteiger partial charge on any atom is -0.481 e. The smallest absolute Gasteiger partial charge is 0.303 e. The standard InChI is InChI=1S/C28H44O4/c1-3-4-5-9-13-21-23(14-10-15-26(31)32)28(2)19-18-25(30)22(27(21)28)16-17-24(29)20-11-7-6-8-12-20/h14,20-22,24-25,27,29-30H,3-13,15,18-19H2,1-2H3,(H,31,32)/t21?,22-,24?,25+,27+,28+/m0/s1. The lowest BCUT2D eigenvalue weighted by atomic mass is 9.42. The quantitative estimate of drug-likeness (QED) is 0.242. The zero-order valence-electron chi connectivity index (χ0n) is 20.2. The van der Waals surface area contributed by atoms with Crippen molar-refractivity contribution >= 4 is 5.97 Å². The van der Waals surface area contributed by atoms with E-state index < -0.39 is 18.2 Å². The molecule has 0 radical (unpaired) electrons. The molecule has 0 bridgehead atoms. The van der Waals surface area contributed by atoms with Gasteiger partial charge >= 0.3 is 5.97 Å². The van der Waals surface area contributed by atoms with Crippen LogP contribution in [-0.2, 0) is 4.79 Å². The normalized spacial score (nSPS) is 34.8. The zero-order chi connectivity index (χ0) is 23.1. The summed E-state index contributed by atoms with van der Waals surface area (Å²) in [6.07, 6.45) is 15.3. The van der Waals surface area contributed by atoms with Crippen molar-refractivity contribution < 1.29 is 20.1 Å². The highest BCUT2D eigenvalue weighted by Gasteiger charge is 2.60. The average Bonchev–Trinajstić information content (AvgIpc) is 2.78. The Morgan fingerprint density at radius 1 is 1.19 bits per heavy atom. The molecule has 3 aliphatic rings. The predicted octanol–water partition coefficient (Wildman–Crippen LogP) is 5.72. The highest BCUT2D eigenvalue weighted by Crippen LogP contribution is 2.65. The Labute approximate surface area is 194 Å². The second kappa shape index (κ2) is 11.7. The molecule has 0 spiro atoms. The lowest BCUT2D eigenvalue weighted by Crippen LogP contribution is -2.57. The molecule has 0 aliphatic heterocycles. The van der Waals surface area contributed by atoms with Crippen molar-refractivity contribution in [3.8, 4) is 11.8 Å². The molecule has 0 amide bonds. The third-order valence-electron chi connectivity index (χ3n) is 8.57. The van der Waals surface area contributed by atoms with Crippen LogP contribution in [0, 0.1) is 40.9 Å². The van der Waals surface area contributed by atoms with Crippen LogP contribution in [-0.4, -0.2) is 33.5 Å². The number of carboxylic acids is 1. The molecule has 0 heterocycles. The Kier molecular flexibility index (Phi) is 9.26. The number of allylic oxidation sites excluding steroid dienone is 2. The van der Waals surface area contributed by atoms with E-state index in [0.29, 0.717) is 18.3 Å². The van der Waals surface area contributed by atoms with Crippen LogP contribution < -0.4 is 0 Å².